The van der Waals surface area contributed by atoms with Crippen LogP contribution in [0.1, 0.15) is 34.7 Å². The van der Waals surface area contributed by atoms with Gasteiger partial charge in [-0.1, -0.05) is 0 Å². The van der Waals surface area contributed by atoms with Crippen LogP contribution in [-0.4, -0.2) is 22.7 Å². The van der Waals surface area contributed by atoms with Crippen molar-refractivity contribution in [2.24, 2.45) is 0 Å². The molecule has 2 heterocycles. The number of carbonyl (C=O) groups excluding carboxylic acids is 3. The van der Waals surface area contributed by atoms with Crippen molar-refractivity contribution < 1.29 is 18.8 Å². The van der Waals surface area contributed by atoms with Gasteiger partial charge >= 0.3 is 0 Å². The van der Waals surface area contributed by atoms with Crippen LogP contribution in [0.3, 0.4) is 0 Å². The van der Waals surface area contributed by atoms with Crippen LogP contribution in [0, 0.1) is 13.8 Å². The van der Waals surface area contributed by atoms with Crippen molar-refractivity contribution in [1.29, 1.82) is 0 Å². The molecule has 1 aliphatic rings. The van der Waals surface area contributed by atoms with Crippen LogP contribution in [0.15, 0.2) is 52.9 Å². The molecular formula is C22H19N3O4. The first-order chi connectivity index (χ1) is 13.9. The molecule has 3 aromatic rings. The lowest BCUT2D eigenvalue weighted by atomic mass is 10.1. The maximum Gasteiger partial charge on any atom is 0.255 e. The Hall–Kier alpha value is -3.74. The van der Waals surface area contributed by atoms with Crippen molar-refractivity contribution in [2.45, 2.75) is 26.7 Å². The van der Waals surface area contributed by atoms with E-state index in [0.29, 0.717) is 22.8 Å². The molecule has 0 aliphatic carbocycles. The Morgan fingerprint density at radius 1 is 0.966 bits per heavy atom. The summed E-state index contributed by atoms with van der Waals surface area (Å²) >= 11 is 0. The van der Waals surface area contributed by atoms with Crippen molar-refractivity contribution in [1.82, 2.24) is 4.98 Å². The maximum atomic E-state index is 12.5. The summed E-state index contributed by atoms with van der Waals surface area (Å²) in [6.07, 6.45) is 0.452. The predicted octanol–water partition coefficient (Wildman–Crippen LogP) is 3.86. The molecule has 29 heavy (non-hydrogen) atoms. The van der Waals surface area contributed by atoms with E-state index in [1.807, 2.05) is 26.0 Å². The fourth-order valence-corrected chi connectivity index (χ4v) is 3.12. The molecule has 2 aromatic carbocycles. The third kappa shape index (κ3) is 3.67. The van der Waals surface area contributed by atoms with E-state index in [-0.39, 0.29) is 30.6 Å². The number of benzene rings is 2. The summed E-state index contributed by atoms with van der Waals surface area (Å²) < 4.78 is 5.61. The van der Waals surface area contributed by atoms with Crippen LogP contribution in [0.25, 0.3) is 11.5 Å². The largest absolute Gasteiger partial charge is 0.441 e. The van der Waals surface area contributed by atoms with Crippen LogP contribution in [0.5, 0.6) is 0 Å². The number of aryl methyl sites for hydroxylation is 2. The lowest BCUT2D eigenvalue weighted by Gasteiger charge is -2.14. The van der Waals surface area contributed by atoms with Crippen LogP contribution in [-0.2, 0) is 9.59 Å². The van der Waals surface area contributed by atoms with E-state index in [9.17, 15) is 14.4 Å². The van der Waals surface area contributed by atoms with Gasteiger partial charge in [-0.15, -0.1) is 0 Å². The van der Waals surface area contributed by atoms with Gasteiger partial charge in [0.2, 0.25) is 17.7 Å². The van der Waals surface area contributed by atoms with Gasteiger partial charge < -0.3 is 9.73 Å². The molecule has 1 N–H and O–H groups in total. The summed E-state index contributed by atoms with van der Waals surface area (Å²) in [7, 11) is 0. The molecule has 146 valence electrons. The SMILES string of the molecule is Cc1nc(-c2ccc(NC(=O)c3ccc(N4C(=O)CCC4=O)cc3)cc2)oc1C. The highest BCUT2D eigenvalue weighted by Gasteiger charge is 2.30. The van der Waals surface area contributed by atoms with Crippen molar-refractivity contribution in [3.05, 3.63) is 65.5 Å². The first-order valence-corrected chi connectivity index (χ1v) is 9.24. The van der Waals surface area contributed by atoms with Crippen LogP contribution >= 0.6 is 0 Å². The van der Waals surface area contributed by atoms with E-state index < -0.39 is 0 Å². The molecule has 0 radical (unpaired) electrons. The summed E-state index contributed by atoms with van der Waals surface area (Å²) in [5.74, 6) is 0.594. The second-order valence-corrected chi connectivity index (χ2v) is 6.86. The number of hydrogen-bond donors (Lipinski definition) is 1. The van der Waals surface area contributed by atoms with Crippen molar-refractivity contribution in [2.75, 3.05) is 10.2 Å². The van der Waals surface area contributed by atoms with Gasteiger partial charge in [-0.3, -0.25) is 19.3 Å². The van der Waals surface area contributed by atoms with Gasteiger partial charge in [0.15, 0.2) is 0 Å². The number of hydrogen-bond acceptors (Lipinski definition) is 5. The zero-order valence-corrected chi connectivity index (χ0v) is 16.1. The van der Waals surface area contributed by atoms with Crippen molar-refractivity contribution >= 4 is 29.1 Å². The Kier molecular flexibility index (Phi) is 4.72. The Bertz CT molecular complexity index is 1060. The average Bonchev–Trinajstić information content (AvgIpc) is 3.23. The van der Waals surface area contributed by atoms with Gasteiger partial charge in [-0.2, -0.15) is 0 Å². The molecule has 0 saturated carbocycles. The quantitative estimate of drug-likeness (QED) is 0.684. The molecule has 0 spiro atoms. The zero-order valence-electron chi connectivity index (χ0n) is 16.1. The molecule has 1 aromatic heterocycles. The second kappa shape index (κ2) is 7.35. The topological polar surface area (TPSA) is 92.5 Å². The number of imide groups is 1. The number of oxazole rings is 1. The van der Waals surface area contributed by atoms with E-state index in [4.69, 9.17) is 4.42 Å². The molecule has 1 saturated heterocycles. The number of carbonyl (C=O) groups is 3. The highest BCUT2D eigenvalue weighted by atomic mass is 16.4. The fourth-order valence-electron chi connectivity index (χ4n) is 3.12. The molecule has 0 unspecified atom stereocenters. The van der Waals surface area contributed by atoms with E-state index in [1.165, 1.54) is 0 Å². The Balaban J connectivity index is 1.45. The van der Waals surface area contributed by atoms with Crippen molar-refractivity contribution in [3.63, 3.8) is 0 Å². The van der Waals surface area contributed by atoms with E-state index in [0.717, 1.165) is 21.9 Å². The smallest absolute Gasteiger partial charge is 0.255 e. The van der Waals surface area contributed by atoms with Gasteiger partial charge in [0.25, 0.3) is 5.91 Å². The number of aromatic nitrogens is 1. The standard InChI is InChI=1S/C22H19N3O4/c1-13-14(2)29-22(23-13)16-3-7-17(8-4-16)24-21(28)15-5-9-18(10-6-15)25-19(26)11-12-20(25)27/h3-10H,11-12H2,1-2H3,(H,24,28). The van der Waals surface area contributed by atoms with Crippen LogP contribution in [0.2, 0.25) is 0 Å². The highest BCUT2D eigenvalue weighted by molar-refractivity contribution is 6.20. The first-order valence-electron chi connectivity index (χ1n) is 9.24. The number of rotatable bonds is 4. The van der Waals surface area contributed by atoms with Gasteiger partial charge in [-0.25, -0.2) is 4.98 Å². The number of anilines is 2. The third-order valence-electron chi connectivity index (χ3n) is 4.86. The van der Waals surface area contributed by atoms with Gasteiger partial charge in [0.1, 0.15) is 5.76 Å². The fraction of sp³-hybridized carbons (Fsp3) is 0.182. The summed E-state index contributed by atoms with van der Waals surface area (Å²) in [6, 6.07) is 13.6. The summed E-state index contributed by atoms with van der Waals surface area (Å²) in [5.41, 5.74) is 3.21. The summed E-state index contributed by atoms with van der Waals surface area (Å²) in [6.45, 7) is 3.75. The van der Waals surface area contributed by atoms with Crippen molar-refractivity contribution in [3.8, 4) is 11.5 Å². The molecule has 7 nitrogen and oxygen atoms in total. The lowest BCUT2D eigenvalue weighted by Crippen LogP contribution is -2.28. The first kappa shape index (κ1) is 18.6. The van der Waals surface area contributed by atoms with Crippen LogP contribution in [0.4, 0.5) is 11.4 Å². The lowest BCUT2D eigenvalue weighted by molar-refractivity contribution is -0.121. The molecular weight excluding hydrogens is 370 g/mol. The Morgan fingerprint density at radius 2 is 1.59 bits per heavy atom. The third-order valence-corrected chi connectivity index (χ3v) is 4.86. The molecule has 3 amide bonds. The maximum absolute atomic E-state index is 12.5. The minimum atomic E-state index is -0.286. The second-order valence-electron chi connectivity index (χ2n) is 6.86. The Morgan fingerprint density at radius 3 is 2.14 bits per heavy atom. The van der Waals surface area contributed by atoms with E-state index >= 15 is 0 Å². The van der Waals surface area contributed by atoms with Gasteiger partial charge in [0, 0.05) is 29.7 Å². The zero-order chi connectivity index (χ0) is 20.5. The minimum absolute atomic E-state index is 0.219. The van der Waals surface area contributed by atoms with Gasteiger partial charge in [-0.05, 0) is 62.4 Å². The molecule has 1 aliphatic heterocycles. The number of amides is 3. The Labute approximate surface area is 167 Å². The van der Waals surface area contributed by atoms with Gasteiger partial charge in [0.05, 0.1) is 11.4 Å². The average molecular weight is 389 g/mol. The predicted molar refractivity (Wildman–Crippen MR) is 108 cm³/mol. The van der Waals surface area contributed by atoms with E-state index in [2.05, 4.69) is 10.3 Å². The number of nitrogens with one attached hydrogen (secondary N) is 1. The highest BCUT2D eigenvalue weighted by Crippen LogP contribution is 2.25. The molecule has 4 rings (SSSR count). The normalized spacial score (nSPS) is 13.8. The minimum Gasteiger partial charge on any atom is -0.441 e. The molecule has 1 fully saturated rings. The number of nitrogens with zero attached hydrogens (tertiary/aromatic N) is 2. The van der Waals surface area contributed by atoms with E-state index in [1.54, 1.807) is 36.4 Å². The summed E-state index contributed by atoms with van der Waals surface area (Å²) in [4.78, 5) is 41.6. The van der Waals surface area contributed by atoms with Crippen LogP contribution < -0.4 is 10.2 Å². The molecule has 0 bridgehead atoms. The molecule has 0 atom stereocenters. The molecule has 7 heteroatoms. The summed E-state index contributed by atoms with van der Waals surface area (Å²) in [5, 5.41) is 2.82. The monoisotopic (exact) mass is 389 g/mol.